The molecule has 54 heavy (non-hydrogen) atoms. The van der Waals surface area contributed by atoms with E-state index < -0.39 is 0 Å². The summed E-state index contributed by atoms with van der Waals surface area (Å²) >= 11 is 0. The Kier molecular flexibility index (Phi) is 17.1. The third-order valence-corrected chi connectivity index (χ3v) is 7.31. The van der Waals surface area contributed by atoms with Crippen molar-refractivity contribution in [2.45, 2.75) is 6.92 Å². The Hall–Kier alpha value is -7.49. The third kappa shape index (κ3) is 11.3. The van der Waals surface area contributed by atoms with Gasteiger partial charge in [0.1, 0.15) is 12.6 Å². The van der Waals surface area contributed by atoms with Gasteiger partial charge in [-0.1, -0.05) is 6.58 Å². The maximum Gasteiger partial charge on any atom is 0.261 e. The molecule has 1 N–H and O–H groups in total. The number of rotatable bonds is 13. The maximum atomic E-state index is 11.9. The number of hydrogen-bond donors (Lipinski definition) is 1. The van der Waals surface area contributed by atoms with Crippen molar-refractivity contribution < 1.29 is 48.0 Å². The van der Waals surface area contributed by atoms with Crippen LogP contribution in [0.1, 0.15) is 58.1 Å². The van der Waals surface area contributed by atoms with Gasteiger partial charge in [0, 0.05) is 43.3 Å². The van der Waals surface area contributed by atoms with Crippen LogP contribution in [-0.4, -0.2) is 76.9 Å². The minimum Gasteiger partial charge on any atom is -0.502 e. The predicted octanol–water partition coefficient (Wildman–Crippen LogP) is 4.30. The monoisotopic (exact) mass is 738 g/mol. The molecule has 0 spiro atoms. The van der Waals surface area contributed by atoms with E-state index in [4.69, 9.17) is 28.9 Å². The number of carbonyl (C=O) groups is 5. The van der Waals surface area contributed by atoms with Gasteiger partial charge in [-0.3, -0.25) is 24.0 Å². The molecule has 4 rings (SSSR count). The molecule has 0 saturated carbocycles. The van der Waals surface area contributed by atoms with E-state index in [1.54, 1.807) is 43.3 Å². The second kappa shape index (κ2) is 21.7. The van der Waals surface area contributed by atoms with Gasteiger partial charge in [-0.2, -0.15) is 20.4 Å². The number of aldehydes is 4. The van der Waals surface area contributed by atoms with Gasteiger partial charge in [-0.05, 0) is 77.0 Å². The molecular formula is C38H34N4O12. The number of azo groups is 1. The first-order chi connectivity index (χ1) is 26.1. The molecule has 0 heterocycles. The van der Waals surface area contributed by atoms with Gasteiger partial charge in [0.05, 0.1) is 53.3 Å². The summed E-state index contributed by atoms with van der Waals surface area (Å²) < 4.78 is 20.1. The molecule has 1 aliphatic carbocycles. The summed E-state index contributed by atoms with van der Waals surface area (Å²) in [5.74, 6) is 0.308. The first kappa shape index (κ1) is 42.7. The van der Waals surface area contributed by atoms with Crippen LogP contribution in [0.2, 0.25) is 0 Å². The molecule has 0 radical (unpaired) electrons. The van der Waals surface area contributed by atoms with E-state index in [2.05, 4.69) is 27.0 Å². The standard InChI is InChI=1S/C19H18N2O5.C19H16N2O5.O2/c2*1-12-15(10-22)4-13(5-16(12)11-23)8-20-21-9-14-6-17(25-2)19(24)18(7-14)26-3;1-2/h4-11,24H,1-3H3;4-11H,1H2,2-3H3;. The summed E-state index contributed by atoms with van der Waals surface area (Å²) in [7, 11) is 5.63. The fourth-order valence-electron chi connectivity index (χ4n) is 4.49. The highest BCUT2D eigenvalue weighted by Gasteiger charge is 2.21. The van der Waals surface area contributed by atoms with Crippen LogP contribution in [0.3, 0.4) is 0 Å². The van der Waals surface area contributed by atoms with E-state index >= 15 is 0 Å². The topological polar surface area (TPSA) is 226 Å². The number of aromatic hydroxyl groups is 1. The number of nitrogens with zero attached hydrogens (tertiary/aromatic N) is 4. The van der Waals surface area contributed by atoms with E-state index in [0.717, 1.165) is 0 Å². The molecular weight excluding hydrogens is 704 g/mol. The average molecular weight is 739 g/mol. The highest BCUT2D eigenvalue weighted by atomic mass is 16.7. The number of methoxy groups -OCH3 is 4. The van der Waals surface area contributed by atoms with Gasteiger partial charge >= 0.3 is 0 Å². The molecule has 278 valence electrons. The average Bonchev–Trinajstić information content (AvgIpc) is 3.20. The maximum absolute atomic E-state index is 11.9. The van der Waals surface area contributed by atoms with Crippen LogP contribution in [0, 0.1) is 16.9 Å². The lowest BCUT2D eigenvalue weighted by atomic mass is 10.0. The van der Waals surface area contributed by atoms with Crippen LogP contribution in [0.4, 0.5) is 0 Å². The van der Waals surface area contributed by atoms with Crippen molar-refractivity contribution in [1.29, 1.82) is 0 Å². The summed E-state index contributed by atoms with van der Waals surface area (Å²) in [5.41, 5.74) is 3.84. The molecule has 0 aromatic heterocycles. The number of ether oxygens (including phenoxy) is 4. The summed E-state index contributed by atoms with van der Waals surface area (Å²) in [4.78, 5) is 70.1. The summed E-state index contributed by atoms with van der Waals surface area (Å²) in [6.45, 7) is 5.40. The zero-order chi connectivity index (χ0) is 40.2. The van der Waals surface area contributed by atoms with Gasteiger partial charge in [0.15, 0.2) is 35.6 Å². The van der Waals surface area contributed by atoms with Crippen LogP contribution in [-0.2, 0) is 14.3 Å². The number of benzene rings is 3. The molecule has 0 bridgehead atoms. The zero-order valence-electron chi connectivity index (χ0n) is 29.7. The van der Waals surface area contributed by atoms with Gasteiger partial charge in [0.25, 0.3) is 5.78 Å². The lowest BCUT2D eigenvalue weighted by Gasteiger charge is -2.12. The molecule has 0 aliphatic heterocycles. The number of allylic oxidation sites excluding steroid dienone is 3. The molecule has 16 heteroatoms. The van der Waals surface area contributed by atoms with Crippen LogP contribution < -0.4 is 19.9 Å². The number of carbonyl (C=O) groups excluding carboxylic acids is 5. The second-order valence-electron chi connectivity index (χ2n) is 10.5. The Labute approximate surface area is 308 Å². The van der Waals surface area contributed by atoms with E-state index in [9.17, 15) is 29.1 Å². The fourth-order valence-corrected chi connectivity index (χ4v) is 4.49. The van der Waals surface area contributed by atoms with Crippen LogP contribution in [0.15, 0.2) is 92.3 Å². The Bertz CT molecular complexity index is 2090. The Morgan fingerprint density at radius 2 is 1.06 bits per heavy atom. The smallest absolute Gasteiger partial charge is 0.261 e. The van der Waals surface area contributed by atoms with Crippen molar-refractivity contribution in [2.24, 2.45) is 20.4 Å². The quantitative estimate of drug-likeness (QED) is 0.112. The van der Waals surface area contributed by atoms with E-state index in [1.807, 2.05) is 0 Å². The molecule has 1 aliphatic rings. The van der Waals surface area contributed by atoms with Crippen molar-refractivity contribution >= 4 is 56.1 Å². The molecule has 0 amide bonds. The molecule has 0 fully saturated rings. The van der Waals surface area contributed by atoms with Crippen molar-refractivity contribution in [3.05, 3.63) is 131 Å². The van der Waals surface area contributed by atoms with E-state index in [0.29, 0.717) is 80.1 Å². The number of ketones is 1. The van der Waals surface area contributed by atoms with Crippen LogP contribution in [0.5, 0.6) is 17.2 Å². The van der Waals surface area contributed by atoms with Gasteiger partial charge in [-0.25, -0.2) is 0 Å². The highest BCUT2D eigenvalue weighted by molar-refractivity contribution is 6.07. The first-order valence-electron chi connectivity index (χ1n) is 15.2. The minimum absolute atomic E-state index is 0.0990. The lowest BCUT2D eigenvalue weighted by Crippen LogP contribution is -2.18. The number of phenolic OH excluding ortho intramolecular Hbond substituents is 1. The van der Waals surface area contributed by atoms with Crippen molar-refractivity contribution in [3.8, 4) is 17.2 Å². The van der Waals surface area contributed by atoms with Gasteiger partial charge < -0.3 is 24.1 Å². The van der Waals surface area contributed by atoms with E-state index in [-0.39, 0.29) is 34.6 Å². The molecule has 16 nitrogen and oxygen atoms in total. The summed E-state index contributed by atoms with van der Waals surface area (Å²) in [6.07, 6.45) is 11.4. The van der Waals surface area contributed by atoms with Crippen molar-refractivity contribution in [3.63, 3.8) is 0 Å². The molecule has 0 unspecified atom stereocenters. The SMILES string of the molecule is C=c1c(C=O)cc(=CN=NC=C2C=C(OC)C(=O)C(OC)=C2)cc1C=O.COc1cc(C=NN=Cc2cc(C=O)c(C)c(C=O)c2)cc(OC)c1O.O=O. The zero-order valence-corrected chi connectivity index (χ0v) is 29.7. The molecule has 0 atom stereocenters. The molecule has 3 aromatic carbocycles. The lowest BCUT2D eigenvalue weighted by molar-refractivity contribution is -0.117. The van der Waals surface area contributed by atoms with Gasteiger partial charge in [-0.15, -0.1) is 0 Å². The van der Waals surface area contributed by atoms with E-state index in [1.165, 1.54) is 65.4 Å². The largest absolute Gasteiger partial charge is 0.502 e. The number of phenols is 1. The second-order valence-corrected chi connectivity index (χ2v) is 10.5. The normalized spacial score (nSPS) is 12.0. The predicted molar refractivity (Wildman–Crippen MR) is 200 cm³/mol. The Balaban J connectivity index is 0.000000357. The van der Waals surface area contributed by atoms with Gasteiger partial charge in [0.2, 0.25) is 5.75 Å². The Morgan fingerprint density at radius 3 is 1.46 bits per heavy atom. The fraction of sp³-hybridized carbons (Fsp3) is 0.132. The highest BCUT2D eigenvalue weighted by Crippen LogP contribution is 2.36. The number of Topliss-reactive ketones (excluding diaryl/α,β-unsaturated/α-hetero) is 1. The summed E-state index contributed by atoms with van der Waals surface area (Å²) in [6, 6.07) is 9.52. The first-order valence-corrected chi connectivity index (χ1v) is 15.2. The minimum atomic E-state index is -0.355. The number of hydrogen-bond acceptors (Lipinski definition) is 16. The molecule has 0 saturated heterocycles. The van der Waals surface area contributed by atoms with Crippen LogP contribution >= 0.6 is 0 Å². The summed E-state index contributed by atoms with van der Waals surface area (Å²) in [5, 5.41) is 26.4. The molecule has 3 aromatic rings. The Morgan fingerprint density at radius 1 is 0.630 bits per heavy atom. The van der Waals surface area contributed by atoms with Crippen LogP contribution in [0.25, 0.3) is 12.8 Å². The van der Waals surface area contributed by atoms with Crippen molar-refractivity contribution in [1.82, 2.24) is 0 Å². The third-order valence-electron chi connectivity index (χ3n) is 7.31. The van der Waals surface area contributed by atoms with Crippen molar-refractivity contribution in [2.75, 3.05) is 28.4 Å².